The third-order valence-corrected chi connectivity index (χ3v) is 3.63. The molecule has 0 bridgehead atoms. The Kier molecular flexibility index (Phi) is 4.73. The largest absolute Gasteiger partial charge is 0.481 e. The van der Waals surface area contributed by atoms with Crippen LogP contribution in [0.25, 0.3) is 0 Å². The van der Waals surface area contributed by atoms with Crippen LogP contribution in [-0.2, 0) is 9.59 Å². The lowest BCUT2D eigenvalue weighted by atomic mass is 9.90. The van der Waals surface area contributed by atoms with Gasteiger partial charge in [0.05, 0.1) is 11.5 Å². The van der Waals surface area contributed by atoms with E-state index in [1.165, 1.54) is 0 Å². The summed E-state index contributed by atoms with van der Waals surface area (Å²) in [7, 11) is 0. The molecule has 0 saturated carbocycles. The second kappa shape index (κ2) is 5.69. The minimum Gasteiger partial charge on any atom is -0.481 e. The second-order valence-corrected chi connectivity index (χ2v) is 5.90. The third kappa shape index (κ3) is 3.45. The Balaban J connectivity index is 2.51. The van der Waals surface area contributed by atoms with Crippen LogP contribution in [0.1, 0.15) is 34.1 Å². The topological polar surface area (TPSA) is 69.6 Å². The van der Waals surface area contributed by atoms with Crippen molar-refractivity contribution in [3.63, 3.8) is 0 Å². The zero-order valence-electron chi connectivity index (χ0n) is 11.7. The molecule has 0 aliphatic carbocycles. The van der Waals surface area contributed by atoms with E-state index in [9.17, 15) is 9.59 Å². The predicted octanol–water partition coefficient (Wildman–Crippen LogP) is 0.944. The number of nitrogens with one attached hydrogen (secondary N) is 1. The lowest BCUT2D eigenvalue weighted by molar-refractivity contribution is -0.147. The van der Waals surface area contributed by atoms with E-state index < -0.39 is 11.4 Å². The van der Waals surface area contributed by atoms with E-state index >= 15 is 0 Å². The highest BCUT2D eigenvalue weighted by Crippen LogP contribution is 2.31. The maximum Gasteiger partial charge on any atom is 0.310 e. The predicted molar refractivity (Wildman–Crippen MR) is 69.2 cm³/mol. The molecule has 18 heavy (non-hydrogen) atoms. The Bertz CT molecular complexity index is 330. The monoisotopic (exact) mass is 256 g/mol. The van der Waals surface area contributed by atoms with Crippen LogP contribution in [0, 0.1) is 11.3 Å². The van der Waals surface area contributed by atoms with Crippen LogP contribution >= 0.6 is 0 Å². The zero-order chi connectivity index (χ0) is 13.9. The van der Waals surface area contributed by atoms with Crippen molar-refractivity contribution in [2.45, 2.75) is 40.2 Å². The molecule has 2 N–H and O–H groups in total. The molecule has 1 heterocycles. The maximum absolute atomic E-state index is 11.9. The smallest absolute Gasteiger partial charge is 0.310 e. The average molecular weight is 256 g/mol. The van der Waals surface area contributed by atoms with Crippen molar-refractivity contribution in [2.24, 2.45) is 11.3 Å². The molecule has 0 aromatic carbocycles. The summed E-state index contributed by atoms with van der Waals surface area (Å²) >= 11 is 0. The van der Waals surface area contributed by atoms with Crippen LogP contribution in [0.5, 0.6) is 0 Å². The summed E-state index contributed by atoms with van der Waals surface area (Å²) in [5.41, 5.74) is -0.716. The molecule has 5 heteroatoms. The summed E-state index contributed by atoms with van der Waals surface area (Å²) in [5, 5.41) is 12.0. The lowest BCUT2D eigenvalue weighted by Gasteiger charge is -2.25. The normalized spacial score (nSPS) is 26.3. The number of hydrogen-bond acceptors (Lipinski definition) is 3. The second-order valence-electron chi connectivity index (χ2n) is 5.90. The van der Waals surface area contributed by atoms with E-state index in [0.29, 0.717) is 32.0 Å². The summed E-state index contributed by atoms with van der Waals surface area (Å²) in [4.78, 5) is 25.0. The summed E-state index contributed by atoms with van der Waals surface area (Å²) in [6, 6.07) is -0.259. The Labute approximate surface area is 109 Å². The fourth-order valence-corrected chi connectivity index (χ4v) is 2.12. The first-order valence-electron chi connectivity index (χ1n) is 6.51. The van der Waals surface area contributed by atoms with Crippen molar-refractivity contribution in [1.29, 1.82) is 0 Å². The Morgan fingerprint density at radius 1 is 1.39 bits per heavy atom. The quantitative estimate of drug-likeness (QED) is 0.768. The Hall–Kier alpha value is -1.10. The summed E-state index contributed by atoms with van der Waals surface area (Å²) in [6.07, 6.45) is 0.601. The van der Waals surface area contributed by atoms with E-state index in [4.69, 9.17) is 5.11 Å². The van der Waals surface area contributed by atoms with Crippen molar-refractivity contribution in [2.75, 3.05) is 19.6 Å². The van der Waals surface area contributed by atoms with Gasteiger partial charge in [-0.25, -0.2) is 0 Å². The number of hydrogen-bond donors (Lipinski definition) is 2. The average Bonchev–Trinajstić information content (AvgIpc) is 2.69. The van der Waals surface area contributed by atoms with Gasteiger partial charge in [0.25, 0.3) is 0 Å². The van der Waals surface area contributed by atoms with Crippen LogP contribution in [0.2, 0.25) is 0 Å². The van der Waals surface area contributed by atoms with Crippen LogP contribution in [0.4, 0.5) is 0 Å². The minimum atomic E-state index is -0.778. The summed E-state index contributed by atoms with van der Waals surface area (Å²) < 4.78 is 0. The molecule has 1 fully saturated rings. The molecule has 1 rings (SSSR count). The van der Waals surface area contributed by atoms with E-state index in [-0.39, 0.29) is 11.9 Å². The molecule has 1 amide bonds. The molecule has 1 aliphatic rings. The number of carboxylic acid groups (broad SMARTS) is 1. The third-order valence-electron chi connectivity index (χ3n) is 3.63. The minimum absolute atomic E-state index is 0.0154. The fourth-order valence-electron chi connectivity index (χ4n) is 2.12. The molecule has 104 valence electrons. The zero-order valence-corrected chi connectivity index (χ0v) is 11.7. The fraction of sp³-hybridized carbons (Fsp3) is 0.846. The molecule has 2 atom stereocenters. The van der Waals surface area contributed by atoms with Crippen LogP contribution in [0.3, 0.4) is 0 Å². The summed E-state index contributed by atoms with van der Waals surface area (Å²) in [5.74, 6) is -0.373. The van der Waals surface area contributed by atoms with Gasteiger partial charge in [-0.15, -0.1) is 0 Å². The number of aliphatic carboxylic acids is 1. The van der Waals surface area contributed by atoms with Gasteiger partial charge in [0.15, 0.2) is 0 Å². The molecular weight excluding hydrogens is 232 g/mol. The van der Waals surface area contributed by atoms with E-state index in [1.54, 1.807) is 6.92 Å². The standard InChI is InChI=1S/C13H24N2O3/c1-9(2)7-14-11(16)10(3)15-6-5-13(4,8-15)12(17)18/h9-10H,5-8H2,1-4H3,(H,14,16)(H,17,18). The number of nitrogens with zero attached hydrogens (tertiary/aromatic N) is 1. The Morgan fingerprint density at radius 3 is 2.44 bits per heavy atom. The van der Waals surface area contributed by atoms with Gasteiger partial charge in [0.1, 0.15) is 0 Å². The molecule has 0 radical (unpaired) electrons. The molecule has 1 saturated heterocycles. The molecule has 0 spiro atoms. The van der Waals surface area contributed by atoms with Crippen molar-refractivity contribution < 1.29 is 14.7 Å². The number of rotatable bonds is 5. The van der Waals surface area contributed by atoms with Gasteiger partial charge in [-0.3, -0.25) is 14.5 Å². The highest BCUT2D eigenvalue weighted by atomic mass is 16.4. The van der Waals surface area contributed by atoms with Gasteiger partial charge in [0.2, 0.25) is 5.91 Å². The first-order valence-corrected chi connectivity index (χ1v) is 6.51. The number of amides is 1. The van der Waals surface area contributed by atoms with Crippen molar-refractivity contribution in [3.8, 4) is 0 Å². The molecule has 0 aromatic rings. The van der Waals surface area contributed by atoms with E-state index in [0.717, 1.165) is 0 Å². The van der Waals surface area contributed by atoms with Gasteiger partial charge < -0.3 is 10.4 Å². The van der Waals surface area contributed by atoms with Gasteiger partial charge in [0, 0.05) is 19.6 Å². The van der Waals surface area contributed by atoms with Gasteiger partial charge in [-0.1, -0.05) is 13.8 Å². The number of carbonyl (C=O) groups is 2. The van der Waals surface area contributed by atoms with Crippen LogP contribution < -0.4 is 5.32 Å². The number of carbonyl (C=O) groups excluding carboxylic acids is 1. The molecular formula is C13H24N2O3. The van der Waals surface area contributed by atoms with E-state index in [2.05, 4.69) is 5.32 Å². The van der Waals surface area contributed by atoms with Crippen LogP contribution in [0.15, 0.2) is 0 Å². The first-order chi connectivity index (χ1) is 8.26. The highest BCUT2D eigenvalue weighted by Gasteiger charge is 2.42. The lowest BCUT2D eigenvalue weighted by Crippen LogP contribution is -2.46. The van der Waals surface area contributed by atoms with E-state index in [1.807, 2.05) is 25.7 Å². The van der Waals surface area contributed by atoms with Crippen molar-refractivity contribution in [1.82, 2.24) is 10.2 Å². The number of carboxylic acids is 1. The summed E-state index contributed by atoms with van der Waals surface area (Å²) in [6.45, 7) is 9.44. The molecule has 0 aromatic heterocycles. The van der Waals surface area contributed by atoms with Gasteiger partial charge in [-0.2, -0.15) is 0 Å². The molecule has 2 unspecified atom stereocenters. The Morgan fingerprint density at radius 2 is 2.00 bits per heavy atom. The molecule has 5 nitrogen and oxygen atoms in total. The molecule has 1 aliphatic heterocycles. The number of likely N-dealkylation sites (tertiary alicyclic amines) is 1. The van der Waals surface area contributed by atoms with Crippen molar-refractivity contribution in [3.05, 3.63) is 0 Å². The van der Waals surface area contributed by atoms with Crippen molar-refractivity contribution >= 4 is 11.9 Å². The van der Waals surface area contributed by atoms with Crippen LogP contribution in [-0.4, -0.2) is 47.6 Å². The maximum atomic E-state index is 11.9. The highest BCUT2D eigenvalue weighted by molar-refractivity contribution is 5.81. The SMILES string of the molecule is CC(C)CNC(=O)C(C)N1CCC(C)(C(=O)O)C1. The first kappa shape index (κ1) is 15.0. The van der Waals surface area contributed by atoms with Gasteiger partial charge in [-0.05, 0) is 26.2 Å². The van der Waals surface area contributed by atoms with Gasteiger partial charge >= 0.3 is 5.97 Å².